The number of hydrogen-bond donors (Lipinski definition) is 1. The zero-order chi connectivity index (χ0) is 17.5. The summed E-state index contributed by atoms with van der Waals surface area (Å²) in [5, 5.41) is 6.96. The van der Waals surface area contributed by atoms with Crippen molar-refractivity contribution < 1.29 is 13.9 Å². The van der Waals surface area contributed by atoms with Gasteiger partial charge in [0, 0.05) is 26.1 Å². The highest BCUT2D eigenvalue weighted by Crippen LogP contribution is 2.21. The van der Waals surface area contributed by atoms with Gasteiger partial charge in [0.05, 0.1) is 25.8 Å². The Morgan fingerprint density at radius 1 is 1.28 bits per heavy atom. The van der Waals surface area contributed by atoms with E-state index in [2.05, 4.69) is 20.3 Å². The molecule has 1 amide bonds. The minimum atomic E-state index is -0.263. The quantitative estimate of drug-likeness (QED) is 0.809. The molecule has 3 rings (SSSR count). The van der Waals surface area contributed by atoms with Crippen LogP contribution in [0.2, 0.25) is 0 Å². The molecule has 2 aromatic rings. The summed E-state index contributed by atoms with van der Waals surface area (Å²) in [6.07, 6.45) is 3.37. The van der Waals surface area contributed by atoms with Gasteiger partial charge in [-0.1, -0.05) is 12.1 Å². The van der Waals surface area contributed by atoms with E-state index >= 15 is 0 Å². The van der Waals surface area contributed by atoms with Crippen molar-refractivity contribution in [3.63, 3.8) is 0 Å². The van der Waals surface area contributed by atoms with E-state index in [0.29, 0.717) is 32.7 Å². The topological polar surface area (TPSA) is 72.3 Å². The molecule has 1 aromatic carbocycles. The average Bonchev–Trinajstić information content (AvgIpc) is 3.16. The van der Waals surface area contributed by atoms with E-state index in [9.17, 15) is 9.18 Å². The molecule has 0 saturated carbocycles. The number of aryl methyl sites for hydroxylation is 1. The number of nitrogens with zero attached hydrogens (tertiary/aromatic N) is 4. The molecule has 1 fully saturated rings. The molecule has 1 atom stereocenters. The van der Waals surface area contributed by atoms with Crippen LogP contribution in [-0.2, 0) is 16.1 Å². The van der Waals surface area contributed by atoms with Gasteiger partial charge in [-0.05, 0) is 17.7 Å². The number of halogens is 1. The van der Waals surface area contributed by atoms with Gasteiger partial charge in [0.25, 0.3) is 0 Å². The van der Waals surface area contributed by atoms with Crippen molar-refractivity contribution in [3.8, 4) is 0 Å². The molecule has 0 spiro atoms. The van der Waals surface area contributed by atoms with Crippen LogP contribution in [0.3, 0.4) is 0 Å². The normalized spacial score (nSPS) is 16.5. The van der Waals surface area contributed by atoms with Gasteiger partial charge in [-0.2, -0.15) is 5.10 Å². The molecule has 1 aliphatic rings. The summed E-state index contributed by atoms with van der Waals surface area (Å²) in [5.74, 6) is -0.308. The minimum Gasteiger partial charge on any atom is -0.379 e. The van der Waals surface area contributed by atoms with Crippen LogP contribution in [0.15, 0.2) is 36.9 Å². The summed E-state index contributed by atoms with van der Waals surface area (Å²) in [4.78, 5) is 18.2. The fraction of sp³-hybridized carbons (Fsp3) is 0.471. The van der Waals surface area contributed by atoms with Gasteiger partial charge >= 0.3 is 0 Å². The molecule has 7 nitrogen and oxygen atoms in total. The second-order valence-electron chi connectivity index (χ2n) is 5.93. The molecule has 1 saturated heterocycles. The molecule has 25 heavy (non-hydrogen) atoms. The molecular weight excluding hydrogens is 325 g/mol. The fourth-order valence-corrected chi connectivity index (χ4v) is 2.90. The van der Waals surface area contributed by atoms with E-state index in [1.807, 2.05) is 0 Å². The second-order valence-corrected chi connectivity index (χ2v) is 5.93. The number of hydrogen-bond acceptors (Lipinski definition) is 5. The Morgan fingerprint density at radius 2 is 2.04 bits per heavy atom. The molecule has 0 bridgehead atoms. The van der Waals surface area contributed by atoms with Crippen LogP contribution < -0.4 is 5.32 Å². The minimum absolute atomic E-state index is 0.000167. The van der Waals surface area contributed by atoms with E-state index in [1.54, 1.807) is 23.1 Å². The number of benzene rings is 1. The van der Waals surface area contributed by atoms with Crippen LogP contribution in [0.4, 0.5) is 4.39 Å². The largest absolute Gasteiger partial charge is 0.379 e. The van der Waals surface area contributed by atoms with Crippen LogP contribution in [0.5, 0.6) is 0 Å². The molecule has 2 heterocycles. The summed E-state index contributed by atoms with van der Waals surface area (Å²) in [7, 11) is 0. The lowest BCUT2D eigenvalue weighted by Crippen LogP contribution is -2.43. The maximum absolute atomic E-state index is 13.2. The van der Waals surface area contributed by atoms with Crippen molar-refractivity contribution >= 4 is 5.91 Å². The zero-order valence-electron chi connectivity index (χ0n) is 14.0. The number of carbonyl (C=O) groups is 1. The first kappa shape index (κ1) is 17.5. The average molecular weight is 347 g/mol. The summed E-state index contributed by atoms with van der Waals surface area (Å²) in [5.41, 5.74) is 0.986. The molecule has 1 aliphatic heterocycles. The van der Waals surface area contributed by atoms with Crippen LogP contribution in [0, 0.1) is 5.82 Å². The summed E-state index contributed by atoms with van der Waals surface area (Å²) >= 11 is 0. The number of aromatic nitrogens is 3. The summed E-state index contributed by atoms with van der Waals surface area (Å²) in [6.45, 7) is 3.87. The lowest BCUT2D eigenvalue weighted by molar-refractivity contribution is -0.121. The molecular formula is C17H22FN5O2. The number of ether oxygens (including phenoxy) is 1. The van der Waals surface area contributed by atoms with E-state index in [0.717, 1.165) is 18.7 Å². The zero-order valence-corrected chi connectivity index (χ0v) is 14.0. The summed E-state index contributed by atoms with van der Waals surface area (Å²) < 4.78 is 20.3. The molecule has 8 heteroatoms. The van der Waals surface area contributed by atoms with Crippen molar-refractivity contribution in [3.05, 3.63) is 48.3 Å². The predicted molar refractivity (Wildman–Crippen MR) is 89.2 cm³/mol. The Morgan fingerprint density at radius 3 is 2.72 bits per heavy atom. The van der Waals surface area contributed by atoms with Gasteiger partial charge in [0.1, 0.15) is 18.5 Å². The molecule has 134 valence electrons. The first-order valence-corrected chi connectivity index (χ1v) is 8.39. The van der Waals surface area contributed by atoms with Crippen molar-refractivity contribution in [1.82, 2.24) is 25.0 Å². The van der Waals surface area contributed by atoms with Crippen LogP contribution >= 0.6 is 0 Å². The van der Waals surface area contributed by atoms with Gasteiger partial charge in [-0.15, -0.1) is 0 Å². The lowest BCUT2D eigenvalue weighted by Gasteiger charge is -2.35. The lowest BCUT2D eigenvalue weighted by atomic mass is 10.0. The molecule has 1 unspecified atom stereocenters. The Balaban J connectivity index is 1.58. The molecule has 1 N–H and O–H groups in total. The van der Waals surface area contributed by atoms with Gasteiger partial charge in [0.2, 0.25) is 5.91 Å². The number of rotatable bonds is 7. The smallest absolute Gasteiger partial charge is 0.221 e. The van der Waals surface area contributed by atoms with Gasteiger partial charge in [-0.25, -0.2) is 9.37 Å². The van der Waals surface area contributed by atoms with E-state index < -0.39 is 0 Å². The second kappa shape index (κ2) is 8.68. The van der Waals surface area contributed by atoms with Crippen molar-refractivity contribution in [1.29, 1.82) is 0 Å². The van der Waals surface area contributed by atoms with Gasteiger partial charge in [0.15, 0.2) is 0 Å². The monoisotopic (exact) mass is 347 g/mol. The predicted octanol–water partition coefficient (Wildman–Crippen LogP) is 0.997. The van der Waals surface area contributed by atoms with E-state index in [-0.39, 0.29) is 17.8 Å². The Kier molecular flexibility index (Phi) is 6.08. The standard InChI is InChI=1S/C17H22FN5O2/c18-15-3-1-14(2-4-15)16(22-7-9-25-10-8-22)11-20-17(24)5-6-23-13-19-12-21-23/h1-4,12-13,16H,5-11H2,(H,20,24). The van der Waals surface area contributed by atoms with Crippen LogP contribution in [0.25, 0.3) is 0 Å². The Labute approximate surface area is 145 Å². The highest BCUT2D eigenvalue weighted by molar-refractivity contribution is 5.75. The number of amides is 1. The SMILES string of the molecule is O=C(CCn1cncn1)NCC(c1ccc(F)cc1)N1CCOCC1. The first-order chi connectivity index (χ1) is 12.2. The third-order valence-electron chi connectivity index (χ3n) is 4.27. The maximum atomic E-state index is 13.2. The maximum Gasteiger partial charge on any atom is 0.221 e. The molecule has 0 radical (unpaired) electrons. The summed E-state index contributed by atoms with van der Waals surface area (Å²) in [6, 6.07) is 6.46. The third kappa shape index (κ3) is 5.07. The van der Waals surface area contributed by atoms with Gasteiger partial charge < -0.3 is 10.1 Å². The number of nitrogens with one attached hydrogen (secondary N) is 1. The van der Waals surface area contributed by atoms with E-state index in [1.165, 1.54) is 18.5 Å². The molecule has 1 aromatic heterocycles. The fourth-order valence-electron chi connectivity index (χ4n) is 2.90. The third-order valence-corrected chi connectivity index (χ3v) is 4.27. The van der Waals surface area contributed by atoms with Crippen molar-refractivity contribution in [2.24, 2.45) is 0 Å². The van der Waals surface area contributed by atoms with Crippen molar-refractivity contribution in [2.45, 2.75) is 19.0 Å². The van der Waals surface area contributed by atoms with Crippen LogP contribution in [0.1, 0.15) is 18.0 Å². The van der Waals surface area contributed by atoms with Crippen LogP contribution in [-0.4, -0.2) is 58.4 Å². The number of carbonyl (C=O) groups excluding carboxylic acids is 1. The Bertz CT molecular complexity index is 656. The van der Waals surface area contributed by atoms with Gasteiger partial charge in [-0.3, -0.25) is 14.4 Å². The molecule has 0 aliphatic carbocycles. The highest BCUT2D eigenvalue weighted by atomic mass is 19.1. The first-order valence-electron chi connectivity index (χ1n) is 8.39. The highest BCUT2D eigenvalue weighted by Gasteiger charge is 2.23. The van der Waals surface area contributed by atoms with E-state index in [4.69, 9.17) is 4.74 Å². The Hall–Kier alpha value is -2.32. The van der Waals surface area contributed by atoms with Crippen molar-refractivity contribution in [2.75, 3.05) is 32.8 Å². The number of morpholine rings is 1.